The molecule has 1 aliphatic rings. The summed E-state index contributed by atoms with van der Waals surface area (Å²) in [6.45, 7) is 5.42. The van der Waals surface area contributed by atoms with Crippen LogP contribution in [0.1, 0.15) is 12.5 Å². The maximum atomic E-state index is 12.2. The standard InChI is InChI=1S/C22H24N6OS/c1-2-28-20-12-17-16(11-18(20)26-22(28)29)21(25-14-24-17)23-13-15-5-3-4-6-19(15)27-7-9-30-10-8-27/h3-6,11-12,14H,2,7-10,13H2,1H3,(H,26,29)(H,23,24,25). The minimum Gasteiger partial charge on any atom is -0.370 e. The highest BCUT2D eigenvalue weighted by Gasteiger charge is 2.15. The molecule has 7 nitrogen and oxygen atoms in total. The third-order valence-electron chi connectivity index (χ3n) is 5.64. The lowest BCUT2D eigenvalue weighted by atomic mass is 10.1. The van der Waals surface area contributed by atoms with Crippen molar-refractivity contribution >= 4 is 45.2 Å². The van der Waals surface area contributed by atoms with Gasteiger partial charge >= 0.3 is 5.69 Å². The molecule has 0 unspecified atom stereocenters. The summed E-state index contributed by atoms with van der Waals surface area (Å²) in [6, 6.07) is 12.5. The molecule has 0 spiro atoms. The highest BCUT2D eigenvalue weighted by Crippen LogP contribution is 2.27. The Labute approximate surface area is 178 Å². The molecule has 1 saturated heterocycles. The Bertz CT molecular complexity index is 1260. The molecule has 2 N–H and O–H groups in total. The number of nitrogens with zero attached hydrogens (tertiary/aromatic N) is 4. The number of hydrogen-bond acceptors (Lipinski definition) is 6. The number of anilines is 2. The van der Waals surface area contributed by atoms with Crippen LogP contribution < -0.4 is 15.9 Å². The molecular weight excluding hydrogens is 396 g/mol. The maximum Gasteiger partial charge on any atom is 0.326 e. The minimum atomic E-state index is -0.0982. The first-order chi connectivity index (χ1) is 14.7. The quantitative estimate of drug-likeness (QED) is 0.515. The van der Waals surface area contributed by atoms with Crippen LogP contribution in [-0.4, -0.2) is 44.1 Å². The normalized spacial score (nSPS) is 14.5. The van der Waals surface area contributed by atoms with E-state index in [2.05, 4.69) is 49.4 Å². The lowest BCUT2D eigenvalue weighted by Gasteiger charge is -2.30. The Morgan fingerprint density at radius 1 is 1.17 bits per heavy atom. The fourth-order valence-corrected chi connectivity index (χ4v) is 5.02. The van der Waals surface area contributed by atoms with E-state index in [0.29, 0.717) is 13.1 Å². The molecule has 30 heavy (non-hydrogen) atoms. The molecule has 3 heterocycles. The van der Waals surface area contributed by atoms with Gasteiger partial charge in [-0.15, -0.1) is 0 Å². The van der Waals surface area contributed by atoms with Crippen molar-refractivity contribution in [3.8, 4) is 0 Å². The molecule has 0 atom stereocenters. The summed E-state index contributed by atoms with van der Waals surface area (Å²) in [7, 11) is 0. The fraction of sp³-hybridized carbons (Fsp3) is 0.318. The van der Waals surface area contributed by atoms with E-state index >= 15 is 0 Å². The van der Waals surface area contributed by atoms with Gasteiger partial charge in [-0.1, -0.05) is 18.2 Å². The number of aromatic nitrogens is 4. The average molecular weight is 421 g/mol. The van der Waals surface area contributed by atoms with Crippen molar-refractivity contribution in [2.45, 2.75) is 20.0 Å². The van der Waals surface area contributed by atoms with Crippen molar-refractivity contribution in [1.82, 2.24) is 19.5 Å². The lowest BCUT2D eigenvalue weighted by Crippen LogP contribution is -2.33. The molecule has 1 aliphatic heterocycles. The van der Waals surface area contributed by atoms with Crippen molar-refractivity contribution in [2.75, 3.05) is 34.8 Å². The highest BCUT2D eigenvalue weighted by molar-refractivity contribution is 7.99. The molecule has 154 valence electrons. The third-order valence-corrected chi connectivity index (χ3v) is 6.58. The van der Waals surface area contributed by atoms with Crippen molar-refractivity contribution in [3.05, 3.63) is 58.8 Å². The van der Waals surface area contributed by atoms with Crippen LogP contribution in [0, 0.1) is 0 Å². The van der Waals surface area contributed by atoms with Crippen LogP contribution in [0.15, 0.2) is 47.5 Å². The van der Waals surface area contributed by atoms with Crippen LogP contribution in [0.2, 0.25) is 0 Å². The predicted molar refractivity (Wildman–Crippen MR) is 125 cm³/mol. The summed E-state index contributed by atoms with van der Waals surface area (Å²) < 4.78 is 1.72. The summed E-state index contributed by atoms with van der Waals surface area (Å²) in [6.07, 6.45) is 1.57. The zero-order valence-electron chi connectivity index (χ0n) is 16.9. The zero-order valence-corrected chi connectivity index (χ0v) is 17.7. The summed E-state index contributed by atoms with van der Waals surface area (Å²) >= 11 is 2.01. The molecule has 8 heteroatoms. The van der Waals surface area contributed by atoms with Gasteiger partial charge in [0.25, 0.3) is 0 Å². The van der Waals surface area contributed by atoms with Gasteiger partial charge in [-0.2, -0.15) is 11.8 Å². The number of benzene rings is 2. The predicted octanol–water partition coefficient (Wildman–Crippen LogP) is 3.46. The van der Waals surface area contributed by atoms with Crippen molar-refractivity contribution in [2.24, 2.45) is 0 Å². The van der Waals surface area contributed by atoms with Crippen LogP contribution in [0.25, 0.3) is 21.9 Å². The molecule has 0 radical (unpaired) electrons. The van der Waals surface area contributed by atoms with Gasteiger partial charge < -0.3 is 15.2 Å². The van der Waals surface area contributed by atoms with Gasteiger partial charge in [0.05, 0.1) is 16.6 Å². The number of fused-ring (bicyclic) bond motifs is 2. The number of rotatable bonds is 5. The second kappa shape index (κ2) is 8.02. The van der Waals surface area contributed by atoms with Crippen LogP contribution >= 0.6 is 11.8 Å². The van der Waals surface area contributed by atoms with Gasteiger partial charge in [0, 0.05) is 48.8 Å². The van der Waals surface area contributed by atoms with E-state index in [9.17, 15) is 4.79 Å². The number of hydrogen-bond donors (Lipinski definition) is 2. The molecule has 0 aliphatic carbocycles. The number of aryl methyl sites for hydroxylation is 1. The Morgan fingerprint density at radius 3 is 2.83 bits per heavy atom. The van der Waals surface area contributed by atoms with E-state index < -0.39 is 0 Å². The molecule has 5 rings (SSSR count). The van der Waals surface area contributed by atoms with Crippen LogP contribution in [0.3, 0.4) is 0 Å². The van der Waals surface area contributed by atoms with E-state index in [1.165, 1.54) is 22.8 Å². The van der Waals surface area contributed by atoms with E-state index in [4.69, 9.17) is 0 Å². The van der Waals surface area contributed by atoms with Crippen LogP contribution in [0.5, 0.6) is 0 Å². The molecule has 0 amide bonds. The van der Waals surface area contributed by atoms with Crippen LogP contribution in [0.4, 0.5) is 11.5 Å². The molecule has 4 aromatic rings. The third kappa shape index (κ3) is 3.41. The number of thioether (sulfide) groups is 1. The number of H-pyrrole nitrogens is 1. The van der Waals surface area contributed by atoms with Gasteiger partial charge in [-0.3, -0.25) is 4.57 Å². The largest absolute Gasteiger partial charge is 0.370 e. The highest BCUT2D eigenvalue weighted by atomic mass is 32.2. The Hall–Kier alpha value is -3.00. The Morgan fingerprint density at radius 2 is 2.00 bits per heavy atom. The van der Waals surface area contributed by atoms with Crippen molar-refractivity contribution < 1.29 is 0 Å². The van der Waals surface area contributed by atoms with Gasteiger partial charge in [0.2, 0.25) is 0 Å². The summed E-state index contributed by atoms with van der Waals surface area (Å²) in [5.41, 5.74) is 4.94. The molecule has 2 aromatic heterocycles. The van der Waals surface area contributed by atoms with Crippen molar-refractivity contribution in [1.29, 1.82) is 0 Å². The SMILES string of the molecule is CCn1c(=O)[nH]c2cc3c(NCc4ccccc4N4CCSCC4)ncnc3cc21. The summed E-state index contributed by atoms with van der Waals surface area (Å²) in [5.74, 6) is 3.12. The zero-order chi connectivity index (χ0) is 20.5. The number of imidazole rings is 1. The van der Waals surface area contributed by atoms with Gasteiger partial charge in [-0.25, -0.2) is 14.8 Å². The molecule has 1 fully saturated rings. The Kier molecular flexibility index (Phi) is 5.08. The van der Waals surface area contributed by atoms with Crippen molar-refractivity contribution in [3.63, 3.8) is 0 Å². The van der Waals surface area contributed by atoms with Gasteiger partial charge in [-0.05, 0) is 30.7 Å². The molecular formula is C22H24N6OS. The average Bonchev–Trinajstić information content (AvgIpc) is 3.10. The second-order valence-corrected chi connectivity index (χ2v) is 8.59. The molecule has 2 aromatic carbocycles. The van der Waals surface area contributed by atoms with E-state index in [0.717, 1.165) is 40.8 Å². The smallest absolute Gasteiger partial charge is 0.326 e. The number of para-hydroxylation sites is 1. The first-order valence-corrected chi connectivity index (χ1v) is 11.4. The van der Waals surface area contributed by atoms with Gasteiger partial charge in [0.15, 0.2) is 0 Å². The first-order valence-electron chi connectivity index (χ1n) is 10.3. The topological polar surface area (TPSA) is 78.8 Å². The maximum absolute atomic E-state index is 12.2. The minimum absolute atomic E-state index is 0.0982. The van der Waals surface area contributed by atoms with E-state index in [1.807, 2.05) is 30.8 Å². The fourth-order valence-electron chi connectivity index (χ4n) is 4.11. The van der Waals surface area contributed by atoms with E-state index in [-0.39, 0.29) is 5.69 Å². The first kappa shape index (κ1) is 19.0. The molecule has 0 bridgehead atoms. The van der Waals surface area contributed by atoms with E-state index in [1.54, 1.807) is 10.9 Å². The number of aromatic amines is 1. The molecule has 0 saturated carbocycles. The van der Waals surface area contributed by atoms with Gasteiger partial charge in [0.1, 0.15) is 12.1 Å². The summed E-state index contributed by atoms with van der Waals surface area (Å²) in [4.78, 5) is 26.5. The monoisotopic (exact) mass is 420 g/mol. The van der Waals surface area contributed by atoms with Crippen LogP contribution in [-0.2, 0) is 13.1 Å². The second-order valence-electron chi connectivity index (χ2n) is 7.36. The summed E-state index contributed by atoms with van der Waals surface area (Å²) in [5, 5.41) is 4.41. The Balaban J connectivity index is 1.48. The number of nitrogens with one attached hydrogen (secondary N) is 2. The lowest BCUT2D eigenvalue weighted by molar-refractivity contribution is 0.753.